The second-order valence-corrected chi connectivity index (χ2v) is 4.20. The highest BCUT2D eigenvalue weighted by molar-refractivity contribution is 5.78. The van der Waals surface area contributed by atoms with Gasteiger partial charge in [0.05, 0.1) is 18.7 Å². The van der Waals surface area contributed by atoms with Crippen LogP contribution >= 0.6 is 0 Å². The van der Waals surface area contributed by atoms with Crippen LogP contribution < -0.4 is 5.32 Å². The normalized spacial score (nSPS) is 10.2. The molecule has 1 aromatic carbocycles. The number of nitrogens with one attached hydrogen (secondary N) is 1. The second-order valence-electron chi connectivity index (χ2n) is 4.20. The smallest absolute Gasteiger partial charge is 0.224 e. The van der Waals surface area contributed by atoms with E-state index in [1.807, 2.05) is 6.92 Å². The van der Waals surface area contributed by atoms with E-state index in [0.29, 0.717) is 12.1 Å². The molecule has 4 nitrogen and oxygen atoms in total. The van der Waals surface area contributed by atoms with E-state index < -0.39 is 0 Å². The first-order chi connectivity index (χ1) is 9.15. The van der Waals surface area contributed by atoms with Gasteiger partial charge in [-0.1, -0.05) is 18.2 Å². The fourth-order valence-corrected chi connectivity index (χ4v) is 1.67. The van der Waals surface area contributed by atoms with Gasteiger partial charge in [0.1, 0.15) is 12.1 Å². The predicted molar refractivity (Wildman–Crippen MR) is 68.7 cm³/mol. The van der Waals surface area contributed by atoms with Crippen LogP contribution in [0.3, 0.4) is 0 Å². The average Bonchev–Trinajstić information content (AvgIpc) is 2.39. The fraction of sp³-hybridized carbons (Fsp3) is 0.214. The Balaban J connectivity index is 1.90. The Kier molecular flexibility index (Phi) is 4.18. The molecule has 1 amide bonds. The molecular weight excluding hydrogens is 245 g/mol. The molecule has 0 saturated heterocycles. The molecule has 0 fully saturated rings. The lowest BCUT2D eigenvalue weighted by Gasteiger charge is -2.06. The van der Waals surface area contributed by atoms with Gasteiger partial charge in [-0.15, -0.1) is 0 Å². The topological polar surface area (TPSA) is 54.9 Å². The van der Waals surface area contributed by atoms with Gasteiger partial charge in [-0.25, -0.2) is 14.4 Å². The van der Waals surface area contributed by atoms with Crippen molar-refractivity contribution in [2.45, 2.75) is 19.9 Å². The summed E-state index contributed by atoms with van der Waals surface area (Å²) in [6.07, 6.45) is 1.48. The summed E-state index contributed by atoms with van der Waals surface area (Å²) in [6.45, 7) is 2.17. The van der Waals surface area contributed by atoms with E-state index in [0.717, 1.165) is 11.4 Å². The van der Waals surface area contributed by atoms with Crippen LogP contribution in [0.5, 0.6) is 0 Å². The van der Waals surface area contributed by atoms with Crippen molar-refractivity contribution in [3.05, 3.63) is 59.4 Å². The first kappa shape index (κ1) is 13.1. The molecule has 0 atom stereocenters. The number of halogens is 1. The van der Waals surface area contributed by atoms with Gasteiger partial charge >= 0.3 is 0 Å². The average molecular weight is 259 g/mol. The van der Waals surface area contributed by atoms with E-state index in [9.17, 15) is 9.18 Å². The van der Waals surface area contributed by atoms with Gasteiger partial charge in [0.2, 0.25) is 5.91 Å². The molecule has 0 aliphatic carbocycles. The van der Waals surface area contributed by atoms with Crippen LogP contribution in [0.2, 0.25) is 0 Å². The van der Waals surface area contributed by atoms with Gasteiger partial charge in [-0.2, -0.15) is 0 Å². The maximum atomic E-state index is 13.4. The van der Waals surface area contributed by atoms with Gasteiger partial charge < -0.3 is 5.32 Å². The lowest BCUT2D eigenvalue weighted by atomic mass is 10.1. The first-order valence-corrected chi connectivity index (χ1v) is 5.93. The monoisotopic (exact) mass is 259 g/mol. The number of aromatic nitrogens is 2. The molecule has 98 valence electrons. The molecule has 5 heteroatoms. The fourth-order valence-electron chi connectivity index (χ4n) is 1.67. The second kappa shape index (κ2) is 6.04. The van der Waals surface area contributed by atoms with Crippen molar-refractivity contribution >= 4 is 5.91 Å². The lowest BCUT2D eigenvalue weighted by molar-refractivity contribution is -0.120. The molecule has 0 spiro atoms. The highest BCUT2D eigenvalue weighted by atomic mass is 19.1. The summed E-state index contributed by atoms with van der Waals surface area (Å²) in [7, 11) is 0. The highest BCUT2D eigenvalue weighted by Gasteiger charge is 2.07. The number of aryl methyl sites for hydroxylation is 1. The Morgan fingerprint density at radius 3 is 2.84 bits per heavy atom. The van der Waals surface area contributed by atoms with Crippen LogP contribution in [0.15, 0.2) is 36.7 Å². The number of benzene rings is 1. The van der Waals surface area contributed by atoms with Crippen LogP contribution in [-0.4, -0.2) is 15.9 Å². The standard InChI is InChI=1S/C14H14FN3O/c1-10-6-12(18-9-17-10)8-16-14(19)7-11-4-2-3-5-13(11)15/h2-6,9H,7-8H2,1H3,(H,16,19). The first-order valence-electron chi connectivity index (χ1n) is 5.93. The third kappa shape index (κ3) is 3.84. The quantitative estimate of drug-likeness (QED) is 0.910. The zero-order chi connectivity index (χ0) is 13.7. The van der Waals surface area contributed by atoms with Crippen LogP contribution in [-0.2, 0) is 17.8 Å². The highest BCUT2D eigenvalue weighted by Crippen LogP contribution is 2.07. The largest absolute Gasteiger partial charge is 0.350 e. The van der Waals surface area contributed by atoms with Gasteiger partial charge in [-0.05, 0) is 24.6 Å². The molecular formula is C14H14FN3O. The molecule has 0 saturated carbocycles. The Bertz CT molecular complexity index is 586. The number of nitrogens with zero attached hydrogens (tertiary/aromatic N) is 2. The predicted octanol–water partition coefficient (Wildman–Crippen LogP) is 1.78. The summed E-state index contributed by atoms with van der Waals surface area (Å²) >= 11 is 0. The van der Waals surface area contributed by atoms with Crippen LogP contribution in [0.1, 0.15) is 17.0 Å². The lowest BCUT2D eigenvalue weighted by Crippen LogP contribution is -2.25. The summed E-state index contributed by atoms with van der Waals surface area (Å²) in [6, 6.07) is 8.05. The van der Waals surface area contributed by atoms with E-state index in [2.05, 4.69) is 15.3 Å². The summed E-state index contributed by atoms with van der Waals surface area (Å²) in [4.78, 5) is 19.7. The van der Waals surface area contributed by atoms with Gasteiger partial charge in [-0.3, -0.25) is 4.79 Å². The Labute approximate surface area is 110 Å². The number of rotatable bonds is 4. The minimum absolute atomic E-state index is 0.0245. The van der Waals surface area contributed by atoms with E-state index in [1.54, 1.807) is 24.3 Å². The van der Waals surface area contributed by atoms with Crippen LogP contribution in [0.4, 0.5) is 4.39 Å². The maximum Gasteiger partial charge on any atom is 0.224 e. The van der Waals surface area contributed by atoms with Crippen molar-refractivity contribution in [1.82, 2.24) is 15.3 Å². The van der Waals surface area contributed by atoms with Crippen LogP contribution in [0.25, 0.3) is 0 Å². The number of amides is 1. The van der Waals surface area contributed by atoms with Gasteiger partial charge in [0.15, 0.2) is 0 Å². The summed E-state index contributed by atoms with van der Waals surface area (Å²) < 4.78 is 13.4. The van der Waals surface area contributed by atoms with Crippen molar-refractivity contribution in [2.24, 2.45) is 0 Å². The van der Waals surface area contributed by atoms with Gasteiger partial charge in [0.25, 0.3) is 0 Å². The number of hydrogen-bond donors (Lipinski definition) is 1. The minimum atomic E-state index is -0.365. The van der Waals surface area contributed by atoms with E-state index in [4.69, 9.17) is 0 Å². The van der Waals surface area contributed by atoms with E-state index in [-0.39, 0.29) is 18.1 Å². The number of hydrogen-bond acceptors (Lipinski definition) is 3. The van der Waals surface area contributed by atoms with Crippen molar-refractivity contribution in [3.63, 3.8) is 0 Å². The summed E-state index contributed by atoms with van der Waals surface area (Å²) in [5, 5.41) is 2.71. The third-order valence-electron chi connectivity index (χ3n) is 2.64. The van der Waals surface area contributed by atoms with Gasteiger partial charge in [0, 0.05) is 5.69 Å². The van der Waals surface area contributed by atoms with E-state index in [1.165, 1.54) is 12.4 Å². The molecule has 1 aromatic heterocycles. The molecule has 0 unspecified atom stereocenters. The molecule has 19 heavy (non-hydrogen) atoms. The maximum absolute atomic E-state index is 13.4. The molecule has 2 rings (SSSR count). The Morgan fingerprint density at radius 1 is 1.32 bits per heavy atom. The molecule has 1 heterocycles. The zero-order valence-electron chi connectivity index (χ0n) is 10.6. The third-order valence-corrected chi connectivity index (χ3v) is 2.64. The minimum Gasteiger partial charge on any atom is -0.350 e. The molecule has 0 aliphatic rings. The Morgan fingerprint density at radius 2 is 2.11 bits per heavy atom. The Hall–Kier alpha value is -2.30. The molecule has 0 bridgehead atoms. The number of carbonyl (C=O) groups excluding carboxylic acids is 1. The van der Waals surface area contributed by atoms with E-state index >= 15 is 0 Å². The van der Waals surface area contributed by atoms with Crippen molar-refractivity contribution in [1.29, 1.82) is 0 Å². The van der Waals surface area contributed by atoms with Crippen molar-refractivity contribution in [2.75, 3.05) is 0 Å². The SMILES string of the molecule is Cc1cc(CNC(=O)Cc2ccccc2F)ncn1. The van der Waals surface area contributed by atoms with Crippen LogP contribution in [0, 0.1) is 12.7 Å². The zero-order valence-corrected chi connectivity index (χ0v) is 10.6. The molecule has 0 aliphatic heterocycles. The summed E-state index contributed by atoms with van der Waals surface area (Å²) in [5.74, 6) is -0.600. The molecule has 2 aromatic rings. The van der Waals surface area contributed by atoms with Crippen molar-refractivity contribution in [3.8, 4) is 0 Å². The van der Waals surface area contributed by atoms with Crippen molar-refractivity contribution < 1.29 is 9.18 Å². The number of carbonyl (C=O) groups is 1. The molecule has 0 radical (unpaired) electrons. The molecule has 1 N–H and O–H groups in total. The summed E-state index contributed by atoms with van der Waals surface area (Å²) in [5.41, 5.74) is 1.96.